The van der Waals surface area contributed by atoms with Gasteiger partial charge in [-0.1, -0.05) is 23.5 Å². The zero-order chi connectivity index (χ0) is 11.5. The molecule has 0 spiro atoms. The lowest BCUT2D eigenvalue weighted by Gasteiger charge is -2.09. The van der Waals surface area contributed by atoms with E-state index in [0.717, 1.165) is 15.3 Å². The van der Waals surface area contributed by atoms with E-state index in [1.807, 2.05) is 38.1 Å². The Labute approximate surface area is 103 Å². The lowest BCUT2D eigenvalue weighted by molar-refractivity contribution is 0.235. The molecule has 1 aromatic carbocycles. The van der Waals surface area contributed by atoms with E-state index in [1.165, 1.54) is 0 Å². The number of hydrogen-bond acceptors (Lipinski definition) is 4. The molecule has 0 atom stereocenters. The summed E-state index contributed by atoms with van der Waals surface area (Å²) in [6.45, 7) is 3.87. The maximum Gasteiger partial charge on any atom is 0.263 e. The van der Waals surface area contributed by atoms with Crippen molar-refractivity contribution in [3.05, 3.63) is 24.3 Å². The summed E-state index contributed by atoms with van der Waals surface area (Å²) in [7, 11) is 0. The Morgan fingerprint density at radius 3 is 2.88 bits per heavy atom. The van der Waals surface area contributed by atoms with Crippen LogP contribution in [0.5, 0.6) is 0 Å². The summed E-state index contributed by atoms with van der Waals surface area (Å²) < 4.78 is 6.47. The predicted octanol–water partition coefficient (Wildman–Crippen LogP) is 3.42. The third kappa shape index (κ3) is 2.68. The number of aromatic nitrogens is 1. The number of para-hydroxylation sites is 1. The minimum absolute atomic E-state index is 0.0781. The maximum atomic E-state index is 5.34. The number of nitrogens with one attached hydrogen (secondary N) is 1. The lowest BCUT2D eigenvalue weighted by atomic mass is 10.3. The van der Waals surface area contributed by atoms with Crippen LogP contribution in [-0.4, -0.2) is 16.3 Å². The SMILES string of the molecule is CC(C)OC(=S)Nc1nc2ccccc2s1. The first-order valence-electron chi connectivity index (χ1n) is 4.98. The third-order valence-electron chi connectivity index (χ3n) is 1.85. The van der Waals surface area contributed by atoms with Gasteiger partial charge in [-0.15, -0.1) is 0 Å². The summed E-state index contributed by atoms with van der Waals surface area (Å²) in [5.74, 6) is 0. The van der Waals surface area contributed by atoms with E-state index in [4.69, 9.17) is 17.0 Å². The second kappa shape index (κ2) is 4.76. The second-order valence-electron chi connectivity index (χ2n) is 3.57. The third-order valence-corrected chi connectivity index (χ3v) is 3.00. The molecule has 3 nitrogen and oxygen atoms in total. The Bertz CT molecular complexity index is 474. The largest absolute Gasteiger partial charge is 0.468 e. The molecule has 1 aromatic heterocycles. The van der Waals surface area contributed by atoms with Gasteiger partial charge >= 0.3 is 0 Å². The second-order valence-corrected chi connectivity index (χ2v) is 4.97. The van der Waals surface area contributed by atoms with Gasteiger partial charge in [0.1, 0.15) is 0 Å². The van der Waals surface area contributed by atoms with Crippen molar-refractivity contribution in [1.82, 2.24) is 4.98 Å². The van der Waals surface area contributed by atoms with Crippen LogP contribution in [-0.2, 0) is 4.74 Å². The first kappa shape index (κ1) is 11.3. The highest BCUT2D eigenvalue weighted by atomic mass is 32.1. The highest BCUT2D eigenvalue weighted by Gasteiger charge is 2.06. The molecule has 1 heterocycles. The van der Waals surface area contributed by atoms with Crippen molar-refractivity contribution in [2.24, 2.45) is 0 Å². The molecule has 2 aromatic rings. The van der Waals surface area contributed by atoms with Gasteiger partial charge in [0, 0.05) is 0 Å². The number of ether oxygens (including phenoxy) is 1. The van der Waals surface area contributed by atoms with E-state index in [1.54, 1.807) is 11.3 Å². The van der Waals surface area contributed by atoms with Crippen LogP contribution in [0.15, 0.2) is 24.3 Å². The molecule has 0 fully saturated rings. The Morgan fingerprint density at radius 1 is 1.44 bits per heavy atom. The molecule has 0 saturated heterocycles. The van der Waals surface area contributed by atoms with Gasteiger partial charge in [0.15, 0.2) is 5.13 Å². The molecular weight excluding hydrogens is 240 g/mol. The van der Waals surface area contributed by atoms with E-state index in [0.29, 0.717) is 5.17 Å². The number of hydrogen-bond donors (Lipinski definition) is 1. The van der Waals surface area contributed by atoms with E-state index in [-0.39, 0.29) is 6.10 Å². The van der Waals surface area contributed by atoms with Crippen LogP contribution in [0.2, 0.25) is 0 Å². The zero-order valence-corrected chi connectivity index (χ0v) is 10.7. The zero-order valence-electron chi connectivity index (χ0n) is 9.06. The molecule has 5 heteroatoms. The van der Waals surface area contributed by atoms with Gasteiger partial charge in [-0.2, -0.15) is 0 Å². The van der Waals surface area contributed by atoms with Gasteiger partial charge < -0.3 is 4.74 Å². The average Bonchev–Trinajstić information content (AvgIpc) is 2.57. The summed E-state index contributed by atoms with van der Waals surface area (Å²) in [4.78, 5) is 4.40. The van der Waals surface area contributed by atoms with Crippen LogP contribution in [0.4, 0.5) is 5.13 Å². The fraction of sp³-hybridized carbons (Fsp3) is 0.273. The average molecular weight is 252 g/mol. The number of anilines is 1. The van der Waals surface area contributed by atoms with Crippen molar-refractivity contribution < 1.29 is 4.74 Å². The normalized spacial score (nSPS) is 10.7. The van der Waals surface area contributed by atoms with E-state index < -0.39 is 0 Å². The Morgan fingerprint density at radius 2 is 2.19 bits per heavy atom. The smallest absolute Gasteiger partial charge is 0.263 e. The number of rotatable bonds is 2. The van der Waals surface area contributed by atoms with Gasteiger partial charge in [0.05, 0.1) is 16.3 Å². The van der Waals surface area contributed by atoms with Crippen molar-refractivity contribution in [1.29, 1.82) is 0 Å². The fourth-order valence-corrected chi connectivity index (χ4v) is 2.47. The van der Waals surface area contributed by atoms with Crippen LogP contribution < -0.4 is 5.32 Å². The van der Waals surface area contributed by atoms with Crippen molar-refractivity contribution >= 4 is 44.1 Å². The van der Waals surface area contributed by atoms with Crippen LogP contribution >= 0.6 is 23.6 Å². The first-order chi connectivity index (χ1) is 7.65. The number of thiazole rings is 1. The standard InChI is InChI=1S/C11H12N2OS2/c1-7(2)14-11(15)13-10-12-8-5-3-4-6-9(8)16-10/h3-7H,1-2H3,(H,12,13,15). The number of nitrogens with zero attached hydrogens (tertiary/aromatic N) is 1. The molecule has 16 heavy (non-hydrogen) atoms. The molecular formula is C11H12N2OS2. The summed E-state index contributed by atoms with van der Waals surface area (Å²) >= 11 is 6.61. The molecule has 0 aliphatic heterocycles. The van der Waals surface area contributed by atoms with Gasteiger partial charge in [-0.05, 0) is 38.2 Å². The van der Waals surface area contributed by atoms with Crippen molar-refractivity contribution in [2.75, 3.05) is 5.32 Å². The molecule has 0 bridgehead atoms. The van der Waals surface area contributed by atoms with Gasteiger partial charge in [-0.25, -0.2) is 4.98 Å². The minimum Gasteiger partial charge on any atom is -0.468 e. The number of benzene rings is 1. The van der Waals surface area contributed by atoms with Crippen molar-refractivity contribution in [2.45, 2.75) is 20.0 Å². The molecule has 0 amide bonds. The first-order valence-corrected chi connectivity index (χ1v) is 6.21. The number of fused-ring (bicyclic) bond motifs is 1. The Kier molecular flexibility index (Phi) is 3.36. The van der Waals surface area contributed by atoms with Crippen LogP contribution in [0.1, 0.15) is 13.8 Å². The van der Waals surface area contributed by atoms with E-state index >= 15 is 0 Å². The van der Waals surface area contributed by atoms with Gasteiger partial charge in [0.25, 0.3) is 5.17 Å². The topological polar surface area (TPSA) is 34.1 Å². The summed E-state index contributed by atoms with van der Waals surface area (Å²) in [6, 6.07) is 7.97. The van der Waals surface area contributed by atoms with Gasteiger partial charge in [0.2, 0.25) is 0 Å². The highest BCUT2D eigenvalue weighted by Crippen LogP contribution is 2.25. The predicted molar refractivity (Wildman–Crippen MR) is 72.1 cm³/mol. The highest BCUT2D eigenvalue weighted by molar-refractivity contribution is 7.80. The summed E-state index contributed by atoms with van der Waals surface area (Å²) in [5, 5.41) is 4.12. The van der Waals surface area contributed by atoms with Crippen molar-refractivity contribution in [3.8, 4) is 0 Å². The molecule has 0 saturated carbocycles. The molecule has 1 N–H and O–H groups in total. The van der Waals surface area contributed by atoms with E-state index in [2.05, 4.69) is 10.3 Å². The van der Waals surface area contributed by atoms with E-state index in [9.17, 15) is 0 Å². The van der Waals surface area contributed by atoms with Crippen molar-refractivity contribution in [3.63, 3.8) is 0 Å². The lowest BCUT2D eigenvalue weighted by Crippen LogP contribution is -2.17. The Hall–Kier alpha value is -1.20. The maximum absolute atomic E-state index is 5.34. The van der Waals surface area contributed by atoms with Crippen LogP contribution in [0.3, 0.4) is 0 Å². The Balaban J connectivity index is 2.12. The molecule has 84 valence electrons. The van der Waals surface area contributed by atoms with Crippen LogP contribution in [0, 0.1) is 0 Å². The summed E-state index contributed by atoms with van der Waals surface area (Å²) in [5.41, 5.74) is 0.974. The molecule has 0 aliphatic rings. The molecule has 2 rings (SSSR count). The van der Waals surface area contributed by atoms with Crippen LogP contribution in [0.25, 0.3) is 10.2 Å². The summed E-state index contributed by atoms with van der Waals surface area (Å²) in [6.07, 6.45) is 0.0781. The quantitative estimate of drug-likeness (QED) is 0.830. The number of thiocarbonyl (C=S) groups is 1. The minimum atomic E-state index is 0.0781. The molecule has 0 unspecified atom stereocenters. The molecule has 0 aliphatic carbocycles. The van der Waals surface area contributed by atoms with Gasteiger partial charge in [-0.3, -0.25) is 5.32 Å². The monoisotopic (exact) mass is 252 g/mol. The molecule has 0 radical (unpaired) electrons. The fourth-order valence-electron chi connectivity index (χ4n) is 1.26.